The Labute approximate surface area is 200 Å². The van der Waals surface area contributed by atoms with Crippen molar-refractivity contribution in [2.75, 3.05) is 37.7 Å². The van der Waals surface area contributed by atoms with Gasteiger partial charge in [-0.2, -0.15) is 9.78 Å². The Balaban J connectivity index is 1.33. The molecule has 180 valence electrons. The number of hydrogen-bond donors (Lipinski definition) is 0. The van der Waals surface area contributed by atoms with Crippen LogP contribution in [0, 0.1) is 5.92 Å². The average molecular weight is 463 g/mol. The van der Waals surface area contributed by atoms with Gasteiger partial charge in [-0.25, -0.2) is 0 Å². The number of piperazine rings is 1. The van der Waals surface area contributed by atoms with Crippen molar-refractivity contribution in [1.82, 2.24) is 14.7 Å². The van der Waals surface area contributed by atoms with Crippen molar-refractivity contribution in [1.29, 1.82) is 0 Å². The lowest BCUT2D eigenvalue weighted by molar-refractivity contribution is 0.237. The van der Waals surface area contributed by atoms with Gasteiger partial charge in [0.15, 0.2) is 0 Å². The molecule has 2 aliphatic rings. The molecule has 0 unspecified atom stereocenters. The molecule has 1 saturated carbocycles. The van der Waals surface area contributed by atoms with Crippen molar-refractivity contribution in [2.45, 2.75) is 45.1 Å². The van der Waals surface area contributed by atoms with Gasteiger partial charge in [0.1, 0.15) is 5.69 Å². The largest absolute Gasteiger partial charge is 0.486 e. The van der Waals surface area contributed by atoms with Gasteiger partial charge >= 0.3 is 5.56 Å². The minimum atomic E-state index is -0.187. The lowest BCUT2D eigenvalue weighted by Crippen LogP contribution is -2.46. The first-order valence-electron chi connectivity index (χ1n) is 12.6. The van der Waals surface area contributed by atoms with Crippen LogP contribution in [0.25, 0.3) is 5.69 Å². The molecule has 1 aromatic carbocycles. The molecule has 1 saturated heterocycles. The van der Waals surface area contributed by atoms with Gasteiger partial charge in [0.25, 0.3) is 0 Å². The van der Waals surface area contributed by atoms with Gasteiger partial charge in [-0.05, 0) is 30.5 Å². The summed E-state index contributed by atoms with van der Waals surface area (Å²) in [5, 5.41) is 4.52. The zero-order chi connectivity index (χ0) is 23.2. The molecule has 0 N–H and O–H groups in total. The first kappa shape index (κ1) is 22.7. The summed E-state index contributed by atoms with van der Waals surface area (Å²) >= 11 is 0. The average Bonchev–Trinajstić information content (AvgIpc) is 3.40. The number of rotatable bonds is 8. The third-order valence-corrected chi connectivity index (χ3v) is 7.11. The van der Waals surface area contributed by atoms with Crippen molar-refractivity contribution < 1.29 is 9.15 Å². The molecule has 1 aliphatic carbocycles. The summed E-state index contributed by atoms with van der Waals surface area (Å²) in [5.74, 6) is 1.14. The number of ether oxygens (including phenoxy) is 1. The molecular formula is C27H34N4O3. The molecular weight excluding hydrogens is 428 g/mol. The van der Waals surface area contributed by atoms with Crippen LogP contribution in [-0.4, -0.2) is 47.5 Å². The zero-order valence-electron chi connectivity index (χ0n) is 19.8. The van der Waals surface area contributed by atoms with E-state index in [1.165, 1.54) is 42.3 Å². The number of benzene rings is 1. The first-order chi connectivity index (χ1) is 16.8. The Morgan fingerprint density at radius 3 is 2.53 bits per heavy atom. The van der Waals surface area contributed by atoms with Crippen LogP contribution in [0.15, 0.2) is 64.3 Å². The monoisotopic (exact) mass is 462 g/mol. The van der Waals surface area contributed by atoms with Gasteiger partial charge in [-0.3, -0.25) is 9.69 Å². The van der Waals surface area contributed by atoms with Crippen molar-refractivity contribution in [3.8, 4) is 11.4 Å². The minimum absolute atomic E-state index is 0.187. The van der Waals surface area contributed by atoms with E-state index in [9.17, 15) is 4.79 Å². The lowest BCUT2D eigenvalue weighted by atomic mass is 9.87. The number of para-hydroxylation sites is 1. The van der Waals surface area contributed by atoms with Gasteiger partial charge in [0, 0.05) is 38.3 Å². The maximum atomic E-state index is 13.5. The molecule has 2 aromatic heterocycles. The van der Waals surface area contributed by atoms with Crippen LogP contribution in [0.3, 0.4) is 0 Å². The topological polar surface area (TPSA) is 63.7 Å². The highest BCUT2D eigenvalue weighted by atomic mass is 16.5. The van der Waals surface area contributed by atoms with Crippen molar-refractivity contribution in [3.05, 3.63) is 71.0 Å². The number of anilines is 1. The van der Waals surface area contributed by atoms with Crippen LogP contribution in [0.5, 0.6) is 5.75 Å². The third kappa shape index (κ3) is 5.36. The summed E-state index contributed by atoms with van der Waals surface area (Å²) in [6.07, 6.45) is 12.9. The molecule has 0 bridgehead atoms. The fourth-order valence-electron chi connectivity index (χ4n) is 5.13. The number of furan rings is 1. The summed E-state index contributed by atoms with van der Waals surface area (Å²) in [6.45, 7) is 4.93. The van der Waals surface area contributed by atoms with E-state index >= 15 is 0 Å². The van der Waals surface area contributed by atoms with E-state index in [-0.39, 0.29) is 5.56 Å². The van der Waals surface area contributed by atoms with E-state index in [0.29, 0.717) is 18.3 Å². The number of nitrogens with zero attached hydrogens (tertiary/aromatic N) is 4. The van der Waals surface area contributed by atoms with E-state index in [0.717, 1.165) is 50.5 Å². The molecule has 3 aromatic rings. The zero-order valence-corrected chi connectivity index (χ0v) is 19.8. The van der Waals surface area contributed by atoms with Crippen molar-refractivity contribution in [2.24, 2.45) is 5.92 Å². The molecule has 5 rings (SSSR count). The fourth-order valence-corrected chi connectivity index (χ4v) is 5.13. The van der Waals surface area contributed by atoms with E-state index in [4.69, 9.17) is 9.15 Å². The quantitative estimate of drug-likeness (QED) is 0.491. The third-order valence-electron chi connectivity index (χ3n) is 7.11. The summed E-state index contributed by atoms with van der Waals surface area (Å²) in [5.41, 5.74) is 2.56. The highest BCUT2D eigenvalue weighted by Crippen LogP contribution is 2.29. The van der Waals surface area contributed by atoms with Crippen LogP contribution in [0.4, 0.5) is 5.69 Å². The number of aromatic nitrogens is 2. The maximum absolute atomic E-state index is 13.5. The molecule has 0 amide bonds. The van der Waals surface area contributed by atoms with Crippen LogP contribution < -0.4 is 15.2 Å². The molecule has 0 radical (unpaired) electrons. The maximum Gasteiger partial charge on any atom is 0.316 e. The second kappa shape index (κ2) is 10.9. The highest BCUT2D eigenvalue weighted by molar-refractivity contribution is 5.57. The Kier molecular flexibility index (Phi) is 7.29. The number of hydrogen-bond acceptors (Lipinski definition) is 6. The van der Waals surface area contributed by atoms with Gasteiger partial charge in [-0.15, -0.1) is 0 Å². The van der Waals surface area contributed by atoms with Crippen molar-refractivity contribution >= 4 is 5.69 Å². The van der Waals surface area contributed by atoms with E-state index in [2.05, 4.69) is 14.9 Å². The SMILES string of the molecule is O=c1c(OCCC2CCCCC2)c(N2CCN(Cc3ccoc3)CC2)cnn1-c1ccccc1. The van der Waals surface area contributed by atoms with Gasteiger partial charge in [-0.1, -0.05) is 50.3 Å². The second-order valence-corrected chi connectivity index (χ2v) is 9.45. The summed E-state index contributed by atoms with van der Waals surface area (Å²) in [7, 11) is 0. The standard InChI is InChI=1S/C27H34N4O3/c32-27-26(34-18-12-22-7-3-1-4-8-22)25(19-28-31(27)24-9-5-2-6-10-24)30-15-13-29(14-16-30)20-23-11-17-33-21-23/h2,5-6,9-11,17,19,21-22H,1,3-4,7-8,12-16,18,20H2. The Hall–Kier alpha value is -3.06. The van der Waals surface area contributed by atoms with Crippen molar-refractivity contribution in [3.63, 3.8) is 0 Å². The first-order valence-corrected chi connectivity index (χ1v) is 12.6. The smallest absolute Gasteiger partial charge is 0.316 e. The Morgan fingerprint density at radius 1 is 1.00 bits per heavy atom. The Bertz CT molecular complexity index is 1080. The summed E-state index contributed by atoms with van der Waals surface area (Å²) in [4.78, 5) is 18.2. The normalized spacial score (nSPS) is 17.7. The highest BCUT2D eigenvalue weighted by Gasteiger charge is 2.24. The van der Waals surface area contributed by atoms with E-state index < -0.39 is 0 Å². The molecule has 7 heteroatoms. The lowest BCUT2D eigenvalue weighted by Gasteiger charge is -2.36. The van der Waals surface area contributed by atoms with Gasteiger partial charge in [0.05, 0.1) is 31.0 Å². The molecule has 2 fully saturated rings. The van der Waals surface area contributed by atoms with Gasteiger partial charge < -0.3 is 14.1 Å². The molecule has 7 nitrogen and oxygen atoms in total. The van der Waals surface area contributed by atoms with E-state index in [1.54, 1.807) is 18.7 Å². The predicted octanol–water partition coefficient (Wildman–Crippen LogP) is 4.50. The molecule has 0 atom stereocenters. The predicted molar refractivity (Wildman–Crippen MR) is 133 cm³/mol. The van der Waals surface area contributed by atoms with Gasteiger partial charge in [0.2, 0.25) is 5.75 Å². The Morgan fingerprint density at radius 2 is 1.79 bits per heavy atom. The molecule has 3 heterocycles. The summed E-state index contributed by atoms with van der Waals surface area (Å²) in [6, 6.07) is 11.6. The molecule has 0 spiro atoms. The van der Waals surface area contributed by atoms with E-state index in [1.807, 2.05) is 36.4 Å². The van der Waals surface area contributed by atoms with Crippen LogP contribution >= 0.6 is 0 Å². The molecule has 1 aliphatic heterocycles. The minimum Gasteiger partial charge on any atom is -0.486 e. The second-order valence-electron chi connectivity index (χ2n) is 9.45. The molecule has 34 heavy (non-hydrogen) atoms. The van der Waals surface area contributed by atoms with Crippen LogP contribution in [0.2, 0.25) is 0 Å². The fraction of sp³-hybridized carbons (Fsp3) is 0.481. The van der Waals surface area contributed by atoms with Crippen LogP contribution in [0.1, 0.15) is 44.1 Å². The van der Waals surface area contributed by atoms with Crippen LogP contribution in [-0.2, 0) is 6.54 Å². The summed E-state index contributed by atoms with van der Waals surface area (Å²) < 4.78 is 12.9.